The summed E-state index contributed by atoms with van der Waals surface area (Å²) in [4.78, 5) is 2.55. The van der Waals surface area contributed by atoms with Crippen molar-refractivity contribution in [3.63, 3.8) is 0 Å². The highest BCUT2D eigenvalue weighted by molar-refractivity contribution is 4.93. The largest absolute Gasteiger partial charge is 0.378 e. The number of piperidine rings is 1. The van der Waals surface area contributed by atoms with Gasteiger partial charge in [-0.2, -0.15) is 0 Å². The summed E-state index contributed by atoms with van der Waals surface area (Å²) in [6, 6.07) is 0. The smallest absolute Gasteiger partial charge is 0.107 e. The van der Waals surface area contributed by atoms with Crippen molar-refractivity contribution in [2.24, 2.45) is 17.3 Å². The lowest BCUT2D eigenvalue weighted by Gasteiger charge is -2.47. The molecule has 0 aromatic heterocycles. The molecule has 3 aliphatic rings. The molecule has 1 aliphatic heterocycles. The zero-order chi connectivity index (χ0) is 26.7. The number of likely N-dealkylation sites (tertiary alicyclic amines) is 1. The van der Waals surface area contributed by atoms with Crippen molar-refractivity contribution in [2.45, 2.75) is 180 Å². The van der Waals surface area contributed by atoms with Crippen LogP contribution < -0.4 is 5.32 Å². The Bertz CT molecular complexity index is 530. The molecule has 2 N–H and O–H groups in total. The van der Waals surface area contributed by atoms with Gasteiger partial charge in [-0.25, -0.2) is 0 Å². The van der Waals surface area contributed by atoms with Gasteiger partial charge in [0, 0.05) is 6.54 Å². The average molecular weight is 533 g/mol. The zero-order valence-electron chi connectivity index (χ0n) is 25.8. The second-order valence-electron chi connectivity index (χ2n) is 14.0. The third-order valence-electron chi connectivity index (χ3n) is 11.0. The predicted molar refractivity (Wildman–Crippen MR) is 166 cm³/mol. The van der Waals surface area contributed by atoms with Crippen LogP contribution in [0.25, 0.3) is 0 Å². The number of aliphatic hydroxyl groups is 1. The SMILES string of the molecule is CN1CCC(CNC(O)C2CCCCCCCCCCCCCC2)(C2CCCCCCCCCCC2)CC1. The fraction of sp³-hybridized carbons (Fsp3) is 1.00. The molecular weight excluding hydrogens is 464 g/mol. The van der Waals surface area contributed by atoms with Gasteiger partial charge in [0.2, 0.25) is 0 Å². The molecule has 0 spiro atoms. The lowest BCUT2D eigenvalue weighted by molar-refractivity contribution is 0.00642. The van der Waals surface area contributed by atoms with E-state index < -0.39 is 0 Å². The average Bonchev–Trinajstić information content (AvgIpc) is 2.93. The summed E-state index contributed by atoms with van der Waals surface area (Å²) in [5, 5.41) is 15.4. The Balaban J connectivity index is 1.59. The third-order valence-corrected chi connectivity index (χ3v) is 11.0. The first-order valence-corrected chi connectivity index (χ1v) is 17.8. The predicted octanol–water partition coefficient (Wildman–Crippen LogP) is 9.62. The van der Waals surface area contributed by atoms with Crippen LogP contribution in [-0.2, 0) is 0 Å². The molecule has 0 radical (unpaired) electrons. The fourth-order valence-electron chi connectivity index (χ4n) is 8.08. The lowest BCUT2D eigenvalue weighted by Crippen LogP contribution is -2.51. The Morgan fingerprint density at radius 3 is 1.32 bits per heavy atom. The van der Waals surface area contributed by atoms with Crippen molar-refractivity contribution in [3.05, 3.63) is 0 Å². The van der Waals surface area contributed by atoms with E-state index in [1.165, 1.54) is 186 Å². The Hall–Kier alpha value is -0.120. The topological polar surface area (TPSA) is 35.5 Å². The summed E-state index contributed by atoms with van der Waals surface area (Å²) in [7, 11) is 2.31. The van der Waals surface area contributed by atoms with Crippen molar-refractivity contribution in [1.29, 1.82) is 0 Å². The van der Waals surface area contributed by atoms with Crippen LogP contribution in [-0.4, -0.2) is 42.9 Å². The van der Waals surface area contributed by atoms with E-state index in [4.69, 9.17) is 0 Å². The molecule has 3 rings (SSSR count). The minimum Gasteiger partial charge on any atom is -0.378 e. The molecule has 38 heavy (non-hydrogen) atoms. The molecule has 3 fully saturated rings. The van der Waals surface area contributed by atoms with Crippen molar-refractivity contribution >= 4 is 0 Å². The normalized spacial score (nSPS) is 27.3. The standard InChI is InChI=1S/C35H68N2O/c1-37-29-27-35(28-30-37,33-25-21-17-13-9-6-10-14-18-22-26-33)31-36-34(38)32-23-19-15-11-7-4-2-3-5-8-12-16-20-24-32/h32-34,36,38H,2-31H2,1H3. The molecule has 1 saturated heterocycles. The molecule has 3 heteroatoms. The molecule has 1 unspecified atom stereocenters. The molecule has 0 bridgehead atoms. The van der Waals surface area contributed by atoms with Crippen molar-refractivity contribution in [2.75, 3.05) is 26.7 Å². The first-order valence-electron chi connectivity index (χ1n) is 17.8. The monoisotopic (exact) mass is 533 g/mol. The molecule has 1 heterocycles. The quantitative estimate of drug-likeness (QED) is 0.346. The molecule has 2 aliphatic carbocycles. The first kappa shape index (κ1) is 32.4. The van der Waals surface area contributed by atoms with Crippen LogP contribution in [0.2, 0.25) is 0 Å². The minimum atomic E-state index is -0.312. The van der Waals surface area contributed by atoms with Crippen molar-refractivity contribution in [3.8, 4) is 0 Å². The van der Waals surface area contributed by atoms with Crippen LogP contribution in [0.3, 0.4) is 0 Å². The van der Waals surface area contributed by atoms with Gasteiger partial charge in [-0.1, -0.05) is 135 Å². The van der Waals surface area contributed by atoms with Gasteiger partial charge in [-0.15, -0.1) is 0 Å². The second kappa shape index (κ2) is 19.9. The third kappa shape index (κ3) is 12.6. The van der Waals surface area contributed by atoms with Gasteiger partial charge in [0.1, 0.15) is 6.23 Å². The second-order valence-corrected chi connectivity index (χ2v) is 14.0. The fourth-order valence-corrected chi connectivity index (χ4v) is 8.08. The highest BCUT2D eigenvalue weighted by atomic mass is 16.3. The maximum absolute atomic E-state index is 11.5. The van der Waals surface area contributed by atoms with Gasteiger partial charge >= 0.3 is 0 Å². The van der Waals surface area contributed by atoms with E-state index in [1.54, 1.807) is 0 Å². The summed E-state index contributed by atoms with van der Waals surface area (Å²) in [6.45, 7) is 3.51. The van der Waals surface area contributed by atoms with Gasteiger partial charge in [0.05, 0.1) is 0 Å². The summed E-state index contributed by atoms with van der Waals surface area (Å²) in [5.74, 6) is 1.28. The van der Waals surface area contributed by atoms with Crippen molar-refractivity contribution in [1.82, 2.24) is 10.2 Å². The first-order chi connectivity index (χ1) is 18.7. The van der Waals surface area contributed by atoms with E-state index in [1.807, 2.05) is 0 Å². The molecule has 224 valence electrons. The van der Waals surface area contributed by atoms with E-state index in [2.05, 4.69) is 17.3 Å². The van der Waals surface area contributed by atoms with Gasteiger partial charge in [-0.05, 0) is 75.9 Å². The molecule has 0 aromatic carbocycles. The van der Waals surface area contributed by atoms with Crippen LogP contribution in [0.4, 0.5) is 0 Å². The van der Waals surface area contributed by atoms with Crippen LogP contribution in [0.15, 0.2) is 0 Å². The Kier molecular flexibility index (Phi) is 16.9. The summed E-state index contributed by atoms with van der Waals surface area (Å²) in [6.07, 6.45) is 37.3. The molecule has 1 atom stereocenters. The number of rotatable bonds is 5. The number of nitrogens with zero attached hydrogens (tertiary/aromatic N) is 1. The van der Waals surface area contributed by atoms with Crippen LogP contribution in [0.5, 0.6) is 0 Å². The van der Waals surface area contributed by atoms with Gasteiger partial charge < -0.3 is 10.0 Å². The Morgan fingerprint density at radius 2 is 0.921 bits per heavy atom. The highest BCUT2D eigenvalue weighted by Crippen LogP contribution is 2.44. The Morgan fingerprint density at radius 1 is 0.579 bits per heavy atom. The zero-order valence-corrected chi connectivity index (χ0v) is 25.8. The van der Waals surface area contributed by atoms with E-state index in [0.717, 1.165) is 12.5 Å². The lowest BCUT2D eigenvalue weighted by atomic mass is 9.65. The molecule has 0 amide bonds. The van der Waals surface area contributed by atoms with E-state index in [0.29, 0.717) is 11.3 Å². The number of nitrogens with one attached hydrogen (secondary N) is 1. The van der Waals surface area contributed by atoms with Crippen LogP contribution in [0, 0.1) is 17.3 Å². The maximum Gasteiger partial charge on any atom is 0.107 e. The van der Waals surface area contributed by atoms with Crippen LogP contribution in [0.1, 0.15) is 173 Å². The van der Waals surface area contributed by atoms with Crippen molar-refractivity contribution < 1.29 is 5.11 Å². The maximum atomic E-state index is 11.5. The summed E-state index contributed by atoms with van der Waals surface area (Å²) >= 11 is 0. The molecule has 3 nitrogen and oxygen atoms in total. The molecule has 2 saturated carbocycles. The number of aliphatic hydroxyl groups excluding tert-OH is 1. The minimum absolute atomic E-state index is 0.312. The van der Waals surface area contributed by atoms with E-state index in [-0.39, 0.29) is 6.23 Å². The van der Waals surface area contributed by atoms with Gasteiger partial charge in [0.25, 0.3) is 0 Å². The van der Waals surface area contributed by atoms with Crippen LogP contribution >= 0.6 is 0 Å². The van der Waals surface area contributed by atoms with Gasteiger partial charge in [-0.3, -0.25) is 5.32 Å². The number of hydrogen-bond donors (Lipinski definition) is 2. The van der Waals surface area contributed by atoms with E-state index >= 15 is 0 Å². The molecular formula is C35H68N2O. The van der Waals surface area contributed by atoms with Gasteiger partial charge in [0.15, 0.2) is 0 Å². The summed E-state index contributed by atoms with van der Waals surface area (Å²) < 4.78 is 0. The molecule has 0 aromatic rings. The number of hydrogen-bond acceptors (Lipinski definition) is 3. The summed E-state index contributed by atoms with van der Waals surface area (Å²) in [5.41, 5.74) is 0.386. The Labute approximate surface area is 238 Å². The highest BCUT2D eigenvalue weighted by Gasteiger charge is 2.40. The van der Waals surface area contributed by atoms with E-state index in [9.17, 15) is 5.11 Å².